The first-order valence-corrected chi connectivity index (χ1v) is 7.04. The lowest BCUT2D eigenvalue weighted by molar-refractivity contribution is 0.0537. The summed E-state index contributed by atoms with van der Waals surface area (Å²) in [5, 5.41) is 0. The average molecular weight is 283 g/mol. The van der Waals surface area contributed by atoms with Crippen molar-refractivity contribution in [3.8, 4) is 0 Å². The molecule has 3 nitrogen and oxygen atoms in total. The Morgan fingerprint density at radius 1 is 1.10 bits per heavy atom. The van der Waals surface area contributed by atoms with Crippen LogP contribution < -0.4 is 5.73 Å². The third kappa shape index (κ3) is 3.53. The van der Waals surface area contributed by atoms with Crippen LogP contribution in [0.25, 0.3) is 0 Å². The van der Waals surface area contributed by atoms with Gasteiger partial charge >= 0.3 is 0 Å². The number of benzene rings is 1. The molecule has 0 spiro atoms. The third-order valence-electron chi connectivity index (χ3n) is 4.12. The lowest BCUT2D eigenvalue weighted by Gasteiger charge is -2.43. The van der Waals surface area contributed by atoms with Crippen LogP contribution in [0.15, 0.2) is 18.2 Å². The van der Waals surface area contributed by atoms with Gasteiger partial charge in [0, 0.05) is 44.8 Å². The van der Waals surface area contributed by atoms with Crippen LogP contribution in [0.3, 0.4) is 0 Å². The molecule has 112 valence electrons. The zero-order valence-corrected chi connectivity index (χ0v) is 12.2. The Morgan fingerprint density at radius 3 is 2.30 bits per heavy atom. The minimum atomic E-state index is -0.789. The van der Waals surface area contributed by atoms with Gasteiger partial charge in [-0.15, -0.1) is 0 Å². The van der Waals surface area contributed by atoms with Crippen molar-refractivity contribution in [2.75, 3.05) is 32.7 Å². The molecule has 0 atom stereocenters. The van der Waals surface area contributed by atoms with E-state index in [1.807, 2.05) is 0 Å². The molecule has 1 fully saturated rings. The first-order chi connectivity index (χ1) is 9.42. The van der Waals surface area contributed by atoms with E-state index in [0.717, 1.165) is 31.7 Å². The molecule has 1 saturated heterocycles. The second-order valence-corrected chi connectivity index (χ2v) is 6.03. The van der Waals surface area contributed by atoms with Crippen LogP contribution in [-0.4, -0.2) is 48.1 Å². The highest BCUT2D eigenvalue weighted by molar-refractivity contribution is 5.17. The molecule has 1 aromatic carbocycles. The topological polar surface area (TPSA) is 32.5 Å². The van der Waals surface area contributed by atoms with Gasteiger partial charge in [-0.3, -0.25) is 9.80 Å². The fraction of sp³-hybridized carbons (Fsp3) is 0.600. The summed E-state index contributed by atoms with van der Waals surface area (Å²) in [6.45, 7) is 9.34. The number of piperazine rings is 1. The Bertz CT molecular complexity index is 454. The number of nitrogens with zero attached hydrogens (tertiary/aromatic N) is 2. The van der Waals surface area contributed by atoms with Crippen molar-refractivity contribution in [2.45, 2.75) is 25.9 Å². The van der Waals surface area contributed by atoms with Crippen molar-refractivity contribution in [1.29, 1.82) is 0 Å². The zero-order chi connectivity index (χ0) is 14.8. The normalized spacial score (nSPS) is 18.4. The van der Waals surface area contributed by atoms with Gasteiger partial charge in [0.2, 0.25) is 0 Å². The smallest absolute Gasteiger partial charge is 0.159 e. The molecular formula is C15H23F2N3. The predicted octanol–water partition coefficient (Wildman–Crippen LogP) is 1.82. The zero-order valence-electron chi connectivity index (χ0n) is 12.2. The van der Waals surface area contributed by atoms with Crippen molar-refractivity contribution < 1.29 is 8.78 Å². The van der Waals surface area contributed by atoms with Crippen molar-refractivity contribution in [2.24, 2.45) is 5.73 Å². The van der Waals surface area contributed by atoms with E-state index in [1.54, 1.807) is 6.07 Å². The summed E-state index contributed by atoms with van der Waals surface area (Å²) < 4.78 is 26.1. The van der Waals surface area contributed by atoms with Gasteiger partial charge in [0.15, 0.2) is 11.6 Å². The largest absolute Gasteiger partial charge is 0.329 e. The summed E-state index contributed by atoms with van der Waals surface area (Å²) in [5.74, 6) is -1.56. The van der Waals surface area contributed by atoms with Gasteiger partial charge in [-0.1, -0.05) is 6.07 Å². The van der Waals surface area contributed by atoms with E-state index in [-0.39, 0.29) is 5.54 Å². The fourth-order valence-electron chi connectivity index (χ4n) is 2.54. The summed E-state index contributed by atoms with van der Waals surface area (Å²) in [4.78, 5) is 4.64. The molecular weight excluding hydrogens is 260 g/mol. The van der Waals surface area contributed by atoms with E-state index in [4.69, 9.17) is 5.73 Å². The molecule has 0 aromatic heterocycles. The van der Waals surface area contributed by atoms with Gasteiger partial charge in [-0.05, 0) is 31.5 Å². The molecule has 2 rings (SSSR count). The molecule has 0 unspecified atom stereocenters. The summed E-state index contributed by atoms with van der Waals surface area (Å²) in [7, 11) is 0. The molecule has 20 heavy (non-hydrogen) atoms. The lowest BCUT2D eigenvalue weighted by Crippen LogP contribution is -2.57. The number of nitrogens with two attached hydrogens (primary N) is 1. The van der Waals surface area contributed by atoms with Crippen molar-refractivity contribution in [3.05, 3.63) is 35.4 Å². The summed E-state index contributed by atoms with van der Waals surface area (Å²) in [6, 6.07) is 4.12. The van der Waals surface area contributed by atoms with Crippen LogP contribution in [0.1, 0.15) is 19.4 Å². The highest BCUT2D eigenvalue weighted by Crippen LogP contribution is 2.17. The first kappa shape index (κ1) is 15.4. The van der Waals surface area contributed by atoms with Crippen molar-refractivity contribution >= 4 is 0 Å². The number of halogens is 2. The lowest BCUT2D eigenvalue weighted by atomic mass is 10.0. The quantitative estimate of drug-likeness (QED) is 0.915. The highest BCUT2D eigenvalue weighted by atomic mass is 19.2. The Kier molecular flexibility index (Phi) is 4.73. The summed E-state index contributed by atoms with van der Waals surface area (Å²) in [6.07, 6.45) is 0. The van der Waals surface area contributed by atoms with Gasteiger partial charge in [0.25, 0.3) is 0 Å². The van der Waals surface area contributed by atoms with Gasteiger partial charge in [-0.25, -0.2) is 8.78 Å². The van der Waals surface area contributed by atoms with Crippen molar-refractivity contribution in [3.63, 3.8) is 0 Å². The Balaban J connectivity index is 1.90. The maximum atomic E-state index is 13.2. The minimum absolute atomic E-state index is 0.0219. The first-order valence-electron chi connectivity index (χ1n) is 7.04. The SMILES string of the molecule is CC(C)(CN)N1CCN(Cc2ccc(F)c(F)c2)CC1. The van der Waals surface area contributed by atoms with E-state index in [9.17, 15) is 8.78 Å². The molecule has 1 aliphatic heterocycles. The van der Waals surface area contributed by atoms with Crippen molar-refractivity contribution in [1.82, 2.24) is 9.80 Å². The van der Waals surface area contributed by atoms with Crippen LogP contribution >= 0.6 is 0 Å². The van der Waals surface area contributed by atoms with Gasteiger partial charge < -0.3 is 5.73 Å². The second kappa shape index (κ2) is 6.16. The molecule has 0 radical (unpaired) electrons. The van der Waals surface area contributed by atoms with Gasteiger partial charge in [0.05, 0.1) is 0 Å². The molecule has 1 aromatic rings. The molecule has 0 saturated carbocycles. The molecule has 1 aliphatic rings. The number of rotatable bonds is 4. The van der Waals surface area contributed by atoms with E-state index < -0.39 is 11.6 Å². The van der Waals surface area contributed by atoms with Crippen LogP contribution in [0.5, 0.6) is 0 Å². The van der Waals surface area contributed by atoms with Crippen LogP contribution in [0.4, 0.5) is 8.78 Å². The Hall–Kier alpha value is -1.04. The van der Waals surface area contributed by atoms with Gasteiger partial charge in [0.1, 0.15) is 0 Å². The van der Waals surface area contributed by atoms with Gasteiger partial charge in [-0.2, -0.15) is 0 Å². The molecule has 0 aliphatic carbocycles. The van der Waals surface area contributed by atoms with E-state index in [1.165, 1.54) is 12.1 Å². The monoisotopic (exact) mass is 283 g/mol. The molecule has 2 N–H and O–H groups in total. The molecule has 0 bridgehead atoms. The number of hydrogen-bond donors (Lipinski definition) is 1. The Morgan fingerprint density at radius 2 is 1.75 bits per heavy atom. The van der Waals surface area contributed by atoms with Crippen LogP contribution in [-0.2, 0) is 6.54 Å². The number of hydrogen-bond acceptors (Lipinski definition) is 3. The molecule has 1 heterocycles. The third-order valence-corrected chi connectivity index (χ3v) is 4.12. The van der Waals surface area contributed by atoms with Crippen LogP contribution in [0.2, 0.25) is 0 Å². The van der Waals surface area contributed by atoms with Crippen LogP contribution in [0, 0.1) is 11.6 Å². The van der Waals surface area contributed by atoms with E-state index in [2.05, 4.69) is 23.6 Å². The fourth-order valence-corrected chi connectivity index (χ4v) is 2.54. The molecule has 0 amide bonds. The highest BCUT2D eigenvalue weighted by Gasteiger charge is 2.28. The summed E-state index contributed by atoms with van der Waals surface area (Å²) >= 11 is 0. The predicted molar refractivity (Wildman–Crippen MR) is 76.3 cm³/mol. The maximum absolute atomic E-state index is 13.2. The maximum Gasteiger partial charge on any atom is 0.159 e. The second-order valence-electron chi connectivity index (χ2n) is 6.03. The Labute approximate surface area is 119 Å². The standard InChI is InChI=1S/C15H23F2N3/c1-15(2,11-18)20-7-5-19(6-8-20)10-12-3-4-13(16)14(17)9-12/h3-4,9H,5-8,10-11,18H2,1-2H3. The van der Waals surface area contributed by atoms with E-state index in [0.29, 0.717) is 13.1 Å². The minimum Gasteiger partial charge on any atom is -0.329 e. The average Bonchev–Trinajstić information content (AvgIpc) is 2.43. The van der Waals surface area contributed by atoms with E-state index >= 15 is 0 Å². The summed E-state index contributed by atoms with van der Waals surface area (Å²) in [5.41, 5.74) is 6.63. The molecule has 5 heteroatoms.